The number of fused-ring (bicyclic) bond motifs is 2. The van der Waals surface area contributed by atoms with Crippen LogP contribution in [-0.2, 0) is 36.0 Å². The van der Waals surface area contributed by atoms with Crippen molar-refractivity contribution in [2.45, 2.75) is 91.3 Å². The largest absolute Gasteiger partial charge is 0.361 e. The first-order valence-corrected chi connectivity index (χ1v) is 23.2. The summed E-state index contributed by atoms with van der Waals surface area (Å²) in [7, 11) is -2.49. The van der Waals surface area contributed by atoms with Crippen molar-refractivity contribution in [1.29, 1.82) is 0 Å². The van der Waals surface area contributed by atoms with Crippen LogP contribution >= 0.6 is 0 Å². The zero-order valence-electron chi connectivity index (χ0n) is 27.9. The monoisotopic (exact) mass is 645 g/mol. The SMILES string of the molecule is C=C(CC)c1ccc2c(-c3nc4c(n3COCC[Si](C)(C)C)CN(C(=O)c3ccnnc3)C4)nn(COCC[Si](C)(C)C)c2c1. The minimum absolute atomic E-state index is 0.0930. The Hall–Kier alpha value is -3.46. The summed E-state index contributed by atoms with van der Waals surface area (Å²) in [4.78, 5) is 20.2. The van der Waals surface area contributed by atoms with Crippen LogP contribution in [0.15, 0.2) is 43.2 Å². The first-order valence-electron chi connectivity index (χ1n) is 15.8. The summed E-state index contributed by atoms with van der Waals surface area (Å²) in [5.74, 6) is 0.656. The van der Waals surface area contributed by atoms with Crippen LogP contribution in [0.5, 0.6) is 0 Å². The van der Waals surface area contributed by atoms with Crippen LogP contribution in [0.1, 0.15) is 40.7 Å². The molecule has 4 aromatic rings. The highest BCUT2D eigenvalue weighted by Gasteiger charge is 2.32. The van der Waals surface area contributed by atoms with E-state index in [9.17, 15) is 4.79 Å². The lowest BCUT2D eigenvalue weighted by Gasteiger charge is -2.18. The summed E-state index contributed by atoms with van der Waals surface area (Å²) in [6, 6.07) is 10.2. The summed E-state index contributed by atoms with van der Waals surface area (Å²) in [6.45, 7) is 23.4. The number of imidazole rings is 1. The quantitative estimate of drug-likeness (QED) is 0.109. The van der Waals surface area contributed by atoms with Gasteiger partial charge in [0.05, 0.1) is 48.0 Å². The van der Waals surface area contributed by atoms with Crippen LogP contribution in [0.3, 0.4) is 0 Å². The molecule has 240 valence electrons. The molecule has 0 atom stereocenters. The Morgan fingerprint density at radius 2 is 1.64 bits per heavy atom. The average Bonchev–Trinajstić information content (AvgIpc) is 3.67. The Kier molecular flexibility index (Phi) is 9.87. The van der Waals surface area contributed by atoms with Gasteiger partial charge in [0.25, 0.3) is 5.91 Å². The molecule has 1 aliphatic rings. The maximum absolute atomic E-state index is 13.3. The number of ether oxygens (including phenoxy) is 2. The van der Waals surface area contributed by atoms with E-state index in [0.717, 1.165) is 63.5 Å². The molecule has 1 aliphatic heterocycles. The van der Waals surface area contributed by atoms with E-state index in [1.807, 2.05) is 4.68 Å². The summed E-state index contributed by atoms with van der Waals surface area (Å²) in [6.07, 6.45) is 3.91. The Bertz CT molecular complexity index is 1670. The van der Waals surface area contributed by atoms with Crippen molar-refractivity contribution in [2.75, 3.05) is 13.2 Å². The smallest absolute Gasteiger partial charge is 0.256 e. The second kappa shape index (κ2) is 13.5. The summed E-state index contributed by atoms with van der Waals surface area (Å²) in [5.41, 5.74) is 6.29. The molecule has 12 heteroatoms. The van der Waals surface area contributed by atoms with Crippen LogP contribution < -0.4 is 0 Å². The van der Waals surface area contributed by atoms with Crippen molar-refractivity contribution in [3.63, 3.8) is 0 Å². The van der Waals surface area contributed by atoms with E-state index in [0.29, 0.717) is 45.3 Å². The fourth-order valence-electron chi connectivity index (χ4n) is 5.25. The van der Waals surface area contributed by atoms with Crippen molar-refractivity contribution in [3.8, 4) is 11.5 Å². The van der Waals surface area contributed by atoms with Crippen LogP contribution in [0.2, 0.25) is 51.4 Å². The van der Waals surface area contributed by atoms with Crippen molar-refractivity contribution >= 4 is 38.5 Å². The maximum atomic E-state index is 13.3. The van der Waals surface area contributed by atoms with Gasteiger partial charge < -0.3 is 18.9 Å². The molecule has 0 spiro atoms. The highest BCUT2D eigenvalue weighted by atomic mass is 28.3. The molecule has 0 saturated heterocycles. The molecule has 1 aromatic carbocycles. The first kappa shape index (κ1) is 32.9. The number of allylic oxidation sites excluding steroid dienone is 1. The fourth-order valence-corrected chi connectivity index (χ4v) is 6.76. The Morgan fingerprint density at radius 1 is 0.933 bits per heavy atom. The minimum atomic E-state index is -1.27. The van der Waals surface area contributed by atoms with Gasteiger partial charge in [-0.1, -0.05) is 58.9 Å². The van der Waals surface area contributed by atoms with Gasteiger partial charge >= 0.3 is 0 Å². The van der Waals surface area contributed by atoms with Gasteiger partial charge in [-0.05, 0) is 47.8 Å². The molecule has 0 fully saturated rings. The molecule has 0 N–H and O–H groups in total. The number of hydrogen-bond donors (Lipinski definition) is 0. The van der Waals surface area contributed by atoms with Gasteiger partial charge in [0.15, 0.2) is 5.82 Å². The molecule has 1 amide bonds. The predicted octanol–water partition coefficient (Wildman–Crippen LogP) is 6.89. The van der Waals surface area contributed by atoms with Gasteiger partial charge in [0.1, 0.15) is 19.2 Å². The molecule has 4 heterocycles. The van der Waals surface area contributed by atoms with Crippen molar-refractivity contribution in [2.24, 2.45) is 0 Å². The molecule has 3 aromatic heterocycles. The highest BCUT2D eigenvalue weighted by Crippen LogP contribution is 2.34. The maximum Gasteiger partial charge on any atom is 0.256 e. The topological polar surface area (TPSA) is 100 Å². The van der Waals surface area contributed by atoms with Crippen LogP contribution in [0, 0.1) is 0 Å². The van der Waals surface area contributed by atoms with Gasteiger partial charge in [-0.15, -0.1) is 0 Å². The number of aromatic nitrogens is 6. The van der Waals surface area contributed by atoms with Gasteiger partial charge in [-0.3, -0.25) is 4.79 Å². The third kappa shape index (κ3) is 7.86. The lowest BCUT2D eigenvalue weighted by Crippen LogP contribution is -2.27. The Morgan fingerprint density at radius 3 is 2.29 bits per heavy atom. The van der Waals surface area contributed by atoms with Crippen molar-refractivity contribution in [1.82, 2.24) is 34.4 Å². The van der Waals surface area contributed by atoms with Crippen molar-refractivity contribution < 1.29 is 14.3 Å². The second-order valence-corrected chi connectivity index (χ2v) is 25.5. The van der Waals surface area contributed by atoms with Gasteiger partial charge in [0.2, 0.25) is 0 Å². The fraction of sp³-hybridized carbons (Fsp3) is 0.485. The lowest BCUT2D eigenvalue weighted by molar-refractivity contribution is 0.0722. The van der Waals surface area contributed by atoms with Gasteiger partial charge in [-0.25, -0.2) is 9.67 Å². The number of benzene rings is 1. The normalized spacial score (nSPS) is 13.5. The average molecular weight is 646 g/mol. The molecular weight excluding hydrogens is 599 g/mol. The number of carbonyl (C=O) groups excluding carboxylic acids is 1. The molecular formula is C33H47N7O3Si2. The van der Waals surface area contributed by atoms with E-state index in [1.54, 1.807) is 11.0 Å². The predicted molar refractivity (Wildman–Crippen MR) is 184 cm³/mol. The number of hydrogen-bond acceptors (Lipinski definition) is 7. The molecule has 10 nitrogen and oxygen atoms in total. The minimum Gasteiger partial charge on any atom is -0.361 e. The van der Waals surface area contributed by atoms with E-state index in [4.69, 9.17) is 19.6 Å². The Labute approximate surface area is 268 Å². The zero-order chi connectivity index (χ0) is 32.4. The number of rotatable bonds is 14. The van der Waals surface area contributed by atoms with E-state index < -0.39 is 16.1 Å². The molecule has 0 saturated carbocycles. The Balaban J connectivity index is 1.51. The number of nitrogens with zero attached hydrogens (tertiary/aromatic N) is 7. The van der Waals surface area contributed by atoms with Crippen LogP contribution in [-0.4, -0.2) is 69.7 Å². The van der Waals surface area contributed by atoms with E-state index in [2.05, 4.69) is 85.7 Å². The van der Waals surface area contributed by atoms with E-state index in [1.165, 1.54) is 12.4 Å². The molecule has 0 bridgehead atoms. The van der Waals surface area contributed by atoms with Gasteiger partial charge in [-0.2, -0.15) is 15.3 Å². The van der Waals surface area contributed by atoms with E-state index >= 15 is 0 Å². The third-order valence-electron chi connectivity index (χ3n) is 8.18. The van der Waals surface area contributed by atoms with E-state index in [-0.39, 0.29) is 5.91 Å². The van der Waals surface area contributed by atoms with Crippen LogP contribution in [0.25, 0.3) is 28.0 Å². The molecule has 5 rings (SSSR count). The molecule has 0 radical (unpaired) electrons. The number of amides is 1. The van der Waals surface area contributed by atoms with Crippen molar-refractivity contribution in [3.05, 3.63) is 65.8 Å². The second-order valence-electron chi connectivity index (χ2n) is 14.3. The highest BCUT2D eigenvalue weighted by molar-refractivity contribution is 6.76. The summed E-state index contributed by atoms with van der Waals surface area (Å²) >= 11 is 0. The number of carbonyl (C=O) groups is 1. The molecule has 0 unspecified atom stereocenters. The van der Waals surface area contributed by atoms with Crippen LogP contribution in [0.4, 0.5) is 0 Å². The first-order chi connectivity index (χ1) is 21.3. The molecule has 45 heavy (non-hydrogen) atoms. The summed E-state index contributed by atoms with van der Waals surface area (Å²) in [5, 5.41) is 13.8. The molecule has 0 aliphatic carbocycles. The lowest BCUT2D eigenvalue weighted by atomic mass is 10.0. The zero-order valence-corrected chi connectivity index (χ0v) is 29.9. The third-order valence-corrected chi connectivity index (χ3v) is 11.6. The van der Waals surface area contributed by atoms with Gasteiger partial charge in [0, 0.05) is 34.7 Å². The standard InChI is InChI=1S/C33H47N7O3Si2/c1-9-24(2)25-10-11-27-29(18-25)40(23-43-15-17-45(6,7)8)37-31(27)32-36-28-20-38(33(41)26-12-13-34-35-19-26)21-30(28)39(32)22-42-14-16-44(3,4)5/h10-13,18-19H,2,9,14-17,20-23H2,1,3-8H3. The summed E-state index contributed by atoms with van der Waals surface area (Å²) < 4.78 is 16.5.